The molecule has 0 saturated carbocycles. The van der Waals surface area contributed by atoms with Gasteiger partial charge in [-0.3, -0.25) is 0 Å². The van der Waals surface area contributed by atoms with Crippen molar-refractivity contribution in [2.24, 2.45) is 0 Å². The third kappa shape index (κ3) is 10.2. The van der Waals surface area contributed by atoms with Crippen molar-refractivity contribution in [3.05, 3.63) is 283 Å². The van der Waals surface area contributed by atoms with Crippen molar-refractivity contribution in [3.8, 4) is 0 Å². The van der Waals surface area contributed by atoms with Crippen LogP contribution in [0.1, 0.15) is 89.0 Å². The zero-order valence-corrected chi connectivity index (χ0v) is 38.6. The molecule has 0 fully saturated rings. The van der Waals surface area contributed by atoms with Crippen LogP contribution in [0.2, 0.25) is 0 Å². The lowest BCUT2D eigenvalue weighted by molar-refractivity contribution is 1.43. The van der Waals surface area contributed by atoms with Gasteiger partial charge in [0.05, 0.1) is 0 Å². The van der Waals surface area contributed by atoms with Gasteiger partial charge < -0.3 is 0 Å². The highest BCUT2D eigenvalue weighted by atomic mass is 14.3. The van der Waals surface area contributed by atoms with Crippen molar-refractivity contribution in [2.45, 2.75) is 55.4 Å². The fraction of sp³-hybridized carbons (Fsp3) is 0.125. The van der Waals surface area contributed by atoms with Crippen LogP contribution in [0.4, 0.5) is 0 Å². The molecular weight excluding hydrogens is 769 g/mol. The summed E-state index contributed by atoms with van der Waals surface area (Å²) in [5.74, 6) is 0. The molecule has 0 atom stereocenters. The van der Waals surface area contributed by atoms with Crippen molar-refractivity contribution < 1.29 is 0 Å². The maximum absolute atomic E-state index is 2.40. The van der Waals surface area contributed by atoms with Crippen LogP contribution in [0.3, 0.4) is 0 Å². The van der Waals surface area contributed by atoms with Crippen LogP contribution in [0.5, 0.6) is 0 Å². The van der Waals surface area contributed by atoms with Crippen molar-refractivity contribution in [1.29, 1.82) is 0 Å². The van der Waals surface area contributed by atoms with E-state index in [9.17, 15) is 0 Å². The summed E-state index contributed by atoms with van der Waals surface area (Å²) in [6.07, 6.45) is 4.80. The molecule has 0 nitrogen and oxygen atoms in total. The maximum Gasteiger partial charge on any atom is -0.00141 e. The van der Waals surface area contributed by atoms with E-state index >= 15 is 0 Å². The van der Waals surface area contributed by atoms with Crippen LogP contribution in [-0.4, -0.2) is 0 Å². The predicted octanol–water partition coefficient (Wildman–Crippen LogP) is 17.2. The van der Waals surface area contributed by atoms with Crippen LogP contribution >= 0.6 is 0 Å². The van der Waals surface area contributed by atoms with Crippen LogP contribution in [-0.2, 0) is 0 Å². The lowest BCUT2D eigenvalue weighted by atomic mass is 9.75. The quantitative estimate of drug-likeness (QED) is 0.0900. The molecule has 314 valence electrons. The highest BCUT2D eigenvalue weighted by molar-refractivity contribution is 6.35. The molecule has 0 unspecified atom stereocenters. The van der Waals surface area contributed by atoms with E-state index in [-0.39, 0.29) is 0 Å². The van der Waals surface area contributed by atoms with Gasteiger partial charge in [-0.15, -0.1) is 0 Å². The first-order valence-electron chi connectivity index (χ1n) is 22.5. The van der Waals surface area contributed by atoms with Gasteiger partial charge in [0, 0.05) is 0 Å². The predicted molar refractivity (Wildman–Crippen MR) is 279 cm³/mol. The number of hydrogen-bond donors (Lipinski definition) is 0. The summed E-state index contributed by atoms with van der Waals surface area (Å²) in [5.41, 5.74) is 25.9. The van der Waals surface area contributed by atoms with E-state index in [0.29, 0.717) is 0 Å². The topological polar surface area (TPSA) is 0 Å². The molecule has 0 aromatic heterocycles. The van der Waals surface area contributed by atoms with Gasteiger partial charge in [-0.25, -0.2) is 0 Å². The molecule has 0 amide bonds. The second kappa shape index (κ2) is 19.4. The Morgan fingerprint density at radius 1 is 0.203 bits per heavy atom. The largest absolute Gasteiger partial charge is 0.0587 e. The SMILES string of the molecule is Cc1ccc(/C=C(/C(=C(/C(=C(/C(=C/c2ccc(C)cc2)c2ccc(C)cc2)c2ccc(C)cc2)c2ccc(C)cc2)c2ccc(C)cc2)c2ccc(C)cc2)c2ccc(C)cc2)cc1. The molecule has 8 aromatic rings. The van der Waals surface area contributed by atoms with Gasteiger partial charge in [0.1, 0.15) is 0 Å². The molecular formula is C64H58. The fourth-order valence-electron chi connectivity index (χ4n) is 8.30. The van der Waals surface area contributed by atoms with E-state index in [0.717, 1.165) is 77.9 Å². The summed E-state index contributed by atoms with van der Waals surface area (Å²) in [7, 11) is 0. The molecule has 0 heteroatoms. The Hall–Kier alpha value is -7.28. The summed E-state index contributed by atoms with van der Waals surface area (Å²) in [6, 6.07) is 72.6. The highest BCUT2D eigenvalue weighted by Crippen LogP contribution is 2.50. The summed E-state index contributed by atoms with van der Waals surface area (Å²) in [4.78, 5) is 0. The average molecular weight is 827 g/mol. The van der Waals surface area contributed by atoms with Gasteiger partial charge >= 0.3 is 0 Å². The average Bonchev–Trinajstić information content (AvgIpc) is 3.30. The summed E-state index contributed by atoms with van der Waals surface area (Å²) in [6.45, 7) is 17.4. The van der Waals surface area contributed by atoms with Crippen LogP contribution < -0.4 is 0 Å². The minimum atomic E-state index is 1.14. The molecule has 0 radical (unpaired) electrons. The Kier molecular flexibility index (Phi) is 13.2. The third-order valence-corrected chi connectivity index (χ3v) is 12.2. The lowest BCUT2D eigenvalue weighted by Gasteiger charge is -2.27. The van der Waals surface area contributed by atoms with Gasteiger partial charge in [-0.1, -0.05) is 239 Å². The smallest absolute Gasteiger partial charge is 0.00141 e. The number of rotatable bonds is 11. The van der Waals surface area contributed by atoms with Gasteiger partial charge in [-0.2, -0.15) is 0 Å². The van der Waals surface area contributed by atoms with E-state index in [1.807, 2.05) is 0 Å². The number of benzene rings is 8. The number of allylic oxidation sites excluding steroid dienone is 6. The second-order valence-corrected chi connectivity index (χ2v) is 17.6. The van der Waals surface area contributed by atoms with Crippen molar-refractivity contribution in [3.63, 3.8) is 0 Å². The molecule has 0 aliphatic carbocycles. The third-order valence-electron chi connectivity index (χ3n) is 12.2. The monoisotopic (exact) mass is 826 g/mol. The van der Waals surface area contributed by atoms with E-state index < -0.39 is 0 Å². The minimum Gasteiger partial charge on any atom is -0.0587 e. The molecule has 0 bridgehead atoms. The Morgan fingerprint density at radius 2 is 0.375 bits per heavy atom. The molecule has 8 rings (SSSR count). The van der Waals surface area contributed by atoms with Gasteiger partial charge in [0.25, 0.3) is 0 Å². The van der Waals surface area contributed by atoms with Gasteiger partial charge in [0.2, 0.25) is 0 Å². The number of hydrogen-bond acceptors (Lipinski definition) is 0. The first kappa shape index (κ1) is 43.4. The van der Waals surface area contributed by atoms with Crippen molar-refractivity contribution in [1.82, 2.24) is 0 Å². The summed E-state index contributed by atoms with van der Waals surface area (Å²) < 4.78 is 0. The Labute approximate surface area is 382 Å². The van der Waals surface area contributed by atoms with E-state index in [1.54, 1.807) is 0 Å². The molecule has 0 heterocycles. The summed E-state index contributed by atoms with van der Waals surface area (Å²) >= 11 is 0. The molecule has 0 saturated heterocycles. The van der Waals surface area contributed by atoms with Crippen molar-refractivity contribution >= 4 is 45.6 Å². The van der Waals surface area contributed by atoms with Crippen LogP contribution in [0, 0.1) is 55.4 Å². The summed E-state index contributed by atoms with van der Waals surface area (Å²) in [5, 5.41) is 0. The van der Waals surface area contributed by atoms with E-state index in [1.165, 1.54) is 44.5 Å². The van der Waals surface area contributed by atoms with Gasteiger partial charge in [-0.05, 0) is 145 Å². The zero-order valence-electron chi connectivity index (χ0n) is 38.6. The Bertz CT molecular complexity index is 2770. The van der Waals surface area contributed by atoms with Crippen LogP contribution in [0.15, 0.2) is 194 Å². The molecule has 8 aromatic carbocycles. The fourth-order valence-corrected chi connectivity index (χ4v) is 8.30. The highest BCUT2D eigenvalue weighted by Gasteiger charge is 2.27. The molecule has 0 spiro atoms. The lowest BCUT2D eigenvalue weighted by Crippen LogP contribution is -2.04. The standard InChI is InChI=1S/C64H58/c1-43-9-25-51(26-10-43)41-59(53-29-13-45(3)14-30-53)61(55-33-17-47(5)18-34-55)63(57-37-21-49(7)22-38-57)64(58-39-23-50(8)24-40-58)62(56-35-19-48(6)20-36-56)60(54-31-15-46(4)16-32-54)42-52-27-11-44(2)12-28-52/h9-42H,1-8H3/b59-41+,60-42+,63-61+,64-62+. The minimum absolute atomic E-state index is 1.14. The number of aryl methyl sites for hydroxylation is 8. The van der Waals surface area contributed by atoms with Crippen LogP contribution in [0.25, 0.3) is 45.6 Å². The maximum atomic E-state index is 2.40. The molecule has 64 heavy (non-hydrogen) atoms. The molecule has 0 N–H and O–H groups in total. The first-order valence-corrected chi connectivity index (χ1v) is 22.5. The normalized spacial score (nSPS) is 12.8. The van der Waals surface area contributed by atoms with E-state index in [4.69, 9.17) is 0 Å². The first-order chi connectivity index (χ1) is 31.0. The van der Waals surface area contributed by atoms with Crippen molar-refractivity contribution in [2.75, 3.05) is 0 Å². The molecule has 0 aliphatic heterocycles. The molecule has 0 aliphatic rings. The zero-order chi connectivity index (χ0) is 44.7. The Morgan fingerprint density at radius 3 is 0.594 bits per heavy atom. The van der Waals surface area contributed by atoms with Gasteiger partial charge in [0.15, 0.2) is 0 Å². The Balaban J connectivity index is 1.67. The van der Waals surface area contributed by atoms with E-state index in [2.05, 4.69) is 262 Å². The second-order valence-electron chi connectivity index (χ2n) is 17.6.